The van der Waals surface area contributed by atoms with E-state index in [0.29, 0.717) is 19.5 Å². The van der Waals surface area contributed by atoms with Crippen molar-refractivity contribution in [3.63, 3.8) is 0 Å². The van der Waals surface area contributed by atoms with E-state index in [9.17, 15) is 14.9 Å². The summed E-state index contributed by atoms with van der Waals surface area (Å²) in [6.07, 6.45) is 1.34. The maximum absolute atomic E-state index is 12.4. The first-order valence-electron chi connectivity index (χ1n) is 8.25. The fraction of sp³-hybridized carbons (Fsp3) is 0.588. The molecule has 6 nitrogen and oxygen atoms in total. The number of nitro groups is 1. The minimum Gasteiger partial charge on any atom is -0.341 e. The quantitative estimate of drug-likeness (QED) is 0.626. The highest BCUT2D eigenvalue weighted by Gasteiger charge is 2.54. The summed E-state index contributed by atoms with van der Waals surface area (Å²) in [7, 11) is 0. The maximum Gasteiger partial charge on any atom is 0.232 e. The number of benzene rings is 1. The lowest BCUT2D eigenvalue weighted by Gasteiger charge is -2.22. The second-order valence-corrected chi connectivity index (χ2v) is 6.58. The SMILES string of the molecule is Cc1ccccc1CN1CCCN(C(=O)[C@H]2C[C@H]2[N+](=O)[O-])CC1. The summed E-state index contributed by atoms with van der Waals surface area (Å²) in [5, 5.41) is 10.7. The van der Waals surface area contributed by atoms with Gasteiger partial charge in [-0.2, -0.15) is 0 Å². The van der Waals surface area contributed by atoms with Crippen LogP contribution in [0.3, 0.4) is 0 Å². The highest BCUT2D eigenvalue weighted by Crippen LogP contribution is 2.35. The van der Waals surface area contributed by atoms with Gasteiger partial charge >= 0.3 is 0 Å². The van der Waals surface area contributed by atoms with Crippen LogP contribution in [0.4, 0.5) is 0 Å². The summed E-state index contributed by atoms with van der Waals surface area (Å²) in [5.74, 6) is -0.405. The molecule has 1 aliphatic heterocycles. The minimum atomic E-state index is -0.645. The lowest BCUT2D eigenvalue weighted by atomic mass is 10.1. The van der Waals surface area contributed by atoms with Gasteiger partial charge in [-0.05, 0) is 24.5 Å². The van der Waals surface area contributed by atoms with E-state index in [1.54, 1.807) is 0 Å². The predicted molar refractivity (Wildman–Crippen MR) is 86.5 cm³/mol. The van der Waals surface area contributed by atoms with Gasteiger partial charge in [-0.1, -0.05) is 24.3 Å². The minimum absolute atomic E-state index is 0.0237. The number of nitrogens with zero attached hydrogens (tertiary/aromatic N) is 3. The summed E-state index contributed by atoms with van der Waals surface area (Å²) < 4.78 is 0. The number of hydrogen-bond donors (Lipinski definition) is 0. The zero-order valence-electron chi connectivity index (χ0n) is 13.5. The van der Waals surface area contributed by atoms with Gasteiger partial charge in [0.2, 0.25) is 11.9 Å². The number of hydrogen-bond acceptors (Lipinski definition) is 4. The Morgan fingerprint density at radius 2 is 2.04 bits per heavy atom. The lowest BCUT2D eigenvalue weighted by Crippen LogP contribution is -2.37. The highest BCUT2D eigenvalue weighted by atomic mass is 16.6. The number of carbonyl (C=O) groups is 1. The van der Waals surface area contributed by atoms with Gasteiger partial charge in [0, 0.05) is 44.1 Å². The molecule has 0 radical (unpaired) electrons. The molecule has 2 aliphatic rings. The van der Waals surface area contributed by atoms with E-state index in [1.165, 1.54) is 11.1 Å². The Labute approximate surface area is 136 Å². The Balaban J connectivity index is 1.54. The van der Waals surface area contributed by atoms with Gasteiger partial charge in [-0.15, -0.1) is 0 Å². The largest absolute Gasteiger partial charge is 0.341 e. The van der Waals surface area contributed by atoms with Crippen molar-refractivity contribution in [2.24, 2.45) is 5.92 Å². The normalized spacial score (nSPS) is 25.0. The van der Waals surface area contributed by atoms with E-state index in [1.807, 2.05) is 11.0 Å². The van der Waals surface area contributed by atoms with Gasteiger partial charge < -0.3 is 4.90 Å². The van der Waals surface area contributed by atoms with E-state index >= 15 is 0 Å². The number of aryl methyl sites for hydroxylation is 1. The van der Waals surface area contributed by atoms with E-state index in [2.05, 4.69) is 30.0 Å². The maximum atomic E-state index is 12.4. The molecule has 1 saturated heterocycles. The Morgan fingerprint density at radius 3 is 2.74 bits per heavy atom. The standard InChI is InChI=1S/C17H23N3O3/c1-13-5-2-3-6-14(13)12-18-7-4-8-19(10-9-18)17(21)15-11-16(15)20(22)23/h2-3,5-6,15-16H,4,7-12H2,1H3/t15-,16+/m0/s1. The van der Waals surface area contributed by atoms with Crippen LogP contribution in [0.25, 0.3) is 0 Å². The molecular formula is C17H23N3O3. The molecule has 2 fully saturated rings. The third-order valence-electron chi connectivity index (χ3n) is 4.90. The van der Waals surface area contributed by atoms with Crippen molar-refractivity contribution in [2.75, 3.05) is 26.2 Å². The third kappa shape index (κ3) is 3.69. The summed E-state index contributed by atoms with van der Waals surface area (Å²) in [5.41, 5.74) is 2.61. The smallest absolute Gasteiger partial charge is 0.232 e. The van der Waals surface area contributed by atoms with Gasteiger partial charge in [-0.25, -0.2) is 0 Å². The second-order valence-electron chi connectivity index (χ2n) is 6.58. The Hall–Kier alpha value is -1.95. The van der Waals surface area contributed by atoms with Gasteiger partial charge in [0.15, 0.2) is 0 Å². The molecule has 1 aliphatic carbocycles. The number of rotatable bonds is 4. The Morgan fingerprint density at radius 1 is 1.26 bits per heavy atom. The average molecular weight is 317 g/mol. The van der Waals surface area contributed by atoms with Gasteiger partial charge in [0.1, 0.15) is 5.92 Å². The van der Waals surface area contributed by atoms with Crippen LogP contribution in [-0.4, -0.2) is 52.9 Å². The van der Waals surface area contributed by atoms with Crippen molar-refractivity contribution in [2.45, 2.75) is 32.4 Å². The molecule has 1 amide bonds. The molecule has 1 aromatic rings. The molecule has 3 rings (SSSR count). The van der Waals surface area contributed by atoms with Crippen LogP contribution < -0.4 is 0 Å². The van der Waals surface area contributed by atoms with Crippen LogP contribution in [0.1, 0.15) is 24.0 Å². The summed E-state index contributed by atoms with van der Waals surface area (Å²) >= 11 is 0. The fourth-order valence-corrected chi connectivity index (χ4v) is 3.29. The van der Waals surface area contributed by atoms with Gasteiger partial charge in [0.05, 0.1) is 0 Å². The van der Waals surface area contributed by atoms with E-state index < -0.39 is 6.04 Å². The summed E-state index contributed by atoms with van der Waals surface area (Å²) in [6.45, 7) is 6.19. The van der Waals surface area contributed by atoms with Crippen LogP contribution in [0, 0.1) is 23.0 Å². The average Bonchev–Trinajstić information content (AvgIpc) is 3.33. The molecule has 2 atom stereocenters. The third-order valence-corrected chi connectivity index (χ3v) is 4.90. The summed E-state index contributed by atoms with van der Waals surface area (Å²) in [4.78, 5) is 27.0. The molecule has 1 aromatic carbocycles. The molecule has 0 bridgehead atoms. The van der Waals surface area contributed by atoms with Crippen molar-refractivity contribution < 1.29 is 9.72 Å². The molecule has 0 N–H and O–H groups in total. The van der Waals surface area contributed by atoms with Gasteiger partial charge in [-0.3, -0.25) is 19.8 Å². The fourth-order valence-electron chi connectivity index (χ4n) is 3.29. The predicted octanol–water partition coefficient (Wildman–Crippen LogP) is 1.69. The van der Waals surface area contributed by atoms with Crippen LogP contribution in [0.5, 0.6) is 0 Å². The van der Waals surface area contributed by atoms with E-state index in [-0.39, 0.29) is 16.7 Å². The molecule has 0 aromatic heterocycles. The van der Waals surface area contributed by atoms with Crippen LogP contribution >= 0.6 is 0 Å². The molecule has 0 unspecified atom stereocenters. The lowest BCUT2D eigenvalue weighted by molar-refractivity contribution is -0.497. The molecule has 1 heterocycles. The molecular weight excluding hydrogens is 294 g/mol. The van der Waals surface area contributed by atoms with Crippen LogP contribution in [0.2, 0.25) is 0 Å². The first-order chi connectivity index (χ1) is 11.1. The van der Waals surface area contributed by atoms with Crippen molar-refractivity contribution in [1.29, 1.82) is 0 Å². The zero-order valence-corrected chi connectivity index (χ0v) is 13.5. The number of amides is 1. The topological polar surface area (TPSA) is 66.7 Å². The molecule has 6 heteroatoms. The first kappa shape index (κ1) is 15.9. The first-order valence-corrected chi connectivity index (χ1v) is 8.25. The molecule has 124 valence electrons. The summed E-state index contributed by atoms with van der Waals surface area (Å²) in [6, 6.07) is 7.72. The van der Waals surface area contributed by atoms with Crippen molar-refractivity contribution in [3.05, 3.63) is 45.5 Å². The van der Waals surface area contributed by atoms with E-state index in [0.717, 1.165) is 26.1 Å². The highest BCUT2D eigenvalue weighted by molar-refractivity contribution is 5.82. The Kier molecular flexibility index (Phi) is 4.61. The van der Waals surface area contributed by atoms with Gasteiger partial charge in [0.25, 0.3) is 0 Å². The Bertz CT molecular complexity index is 605. The van der Waals surface area contributed by atoms with Crippen LogP contribution in [-0.2, 0) is 11.3 Å². The van der Waals surface area contributed by atoms with Crippen LogP contribution in [0.15, 0.2) is 24.3 Å². The van der Waals surface area contributed by atoms with E-state index in [4.69, 9.17) is 0 Å². The van der Waals surface area contributed by atoms with Crippen molar-refractivity contribution >= 4 is 5.91 Å². The number of carbonyl (C=O) groups excluding carboxylic acids is 1. The molecule has 23 heavy (non-hydrogen) atoms. The molecule has 1 saturated carbocycles. The zero-order chi connectivity index (χ0) is 16.4. The van der Waals surface area contributed by atoms with Crippen molar-refractivity contribution in [1.82, 2.24) is 9.80 Å². The molecule has 0 spiro atoms. The second kappa shape index (κ2) is 6.66. The monoisotopic (exact) mass is 317 g/mol. The van der Waals surface area contributed by atoms with Crippen molar-refractivity contribution in [3.8, 4) is 0 Å².